The third-order valence-corrected chi connectivity index (χ3v) is 2.63. The van der Waals surface area contributed by atoms with Crippen LogP contribution in [0.4, 0.5) is 0 Å². The van der Waals surface area contributed by atoms with Crippen molar-refractivity contribution in [3.63, 3.8) is 0 Å². The third kappa shape index (κ3) is 4.92. The molecule has 0 saturated carbocycles. The van der Waals surface area contributed by atoms with E-state index in [9.17, 15) is 4.79 Å². The molecule has 0 saturated heterocycles. The molecule has 0 atom stereocenters. The lowest BCUT2D eigenvalue weighted by Gasteiger charge is -2.33. The average molecular weight is 233 g/mol. The zero-order valence-electron chi connectivity index (χ0n) is 10.7. The van der Waals surface area contributed by atoms with Gasteiger partial charge in [-0.05, 0) is 20.4 Å². The summed E-state index contributed by atoms with van der Waals surface area (Å²) in [5.74, 6) is -0.814. The number of hydrogen-bond acceptors (Lipinski definition) is 4. The molecule has 16 heavy (non-hydrogen) atoms. The molecule has 0 aliphatic carbocycles. The molecule has 0 aromatic rings. The summed E-state index contributed by atoms with van der Waals surface area (Å²) in [5, 5.41) is 9.08. The van der Waals surface area contributed by atoms with Crippen LogP contribution in [0.2, 0.25) is 0 Å². The summed E-state index contributed by atoms with van der Waals surface area (Å²) in [6, 6.07) is 0. The molecule has 0 aliphatic heterocycles. The topological polar surface area (TPSA) is 59.0 Å². The Hall–Kier alpha value is -0.650. The Labute approximate surface area is 97.3 Å². The molecular formula is C11H23NO4. The van der Waals surface area contributed by atoms with Gasteiger partial charge in [-0.3, -0.25) is 9.69 Å². The van der Waals surface area contributed by atoms with E-state index in [0.29, 0.717) is 32.9 Å². The Morgan fingerprint density at radius 3 is 2.38 bits per heavy atom. The predicted octanol–water partition coefficient (Wildman–Crippen LogP) is 0.835. The number of hydrogen-bond donors (Lipinski definition) is 1. The van der Waals surface area contributed by atoms with E-state index in [2.05, 4.69) is 0 Å². The van der Waals surface area contributed by atoms with Crippen molar-refractivity contribution in [3.05, 3.63) is 0 Å². The van der Waals surface area contributed by atoms with Crippen molar-refractivity contribution in [2.45, 2.75) is 26.3 Å². The van der Waals surface area contributed by atoms with Crippen molar-refractivity contribution in [2.75, 3.05) is 40.0 Å². The summed E-state index contributed by atoms with van der Waals surface area (Å²) in [7, 11) is 1.62. The quantitative estimate of drug-likeness (QED) is 0.598. The van der Waals surface area contributed by atoms with Gasteiger partial charge in [0.25, 0.3) is 0 Å². The highest BCUT2D eigenvalue weighted by molar-refractivity contribution is 5.77. The standard InChI is InChI=1S/C11H23NO4/c1-5-12(11(2,3)10(13)14)6-7-16-9-8-15-4/h5-9H2,1-4H3,(H,13,14). The van der Waals surface area contributed by atoms with Crippen molar-refractivity contribution in [2.24, 2.45) is 0 Å². The molecule has 0 heterocycles. The highest BCUT2D eigenvalue weighted by Crippen LogP contribution is 2.13. The van der Waals surface area contributed by atoms with Gasteiger partial charge in [0.2, 0.25) is 0 Å². The molecule has 0 spiro atoms. The number of likely N-dealkylation sites (N-methyl/N-ethyl adjacent to an activating group) is 1. The summed E-state index contributed by atoms with van der Waals surface area (Å²) >= 11 is 0. The van der Waals surface area contributed by atoms with E-state index in [1.165, 1.54) is 0 Å². The molecule has 0 fully saturated rings. The molecule has 0 unspecified atom stereocenters. The molecule has 5 nitrogen and oxygen atoms in total. The maximum absolute atomic E-state index is 11.1. The predicted molar refractivity (Wildman–Crippen MR) is 61.7 cm³/mol. The van der Waals surface area contributed by atoms with Crippen LogP contribution < -0.4 is 0 Å². The summed E-state index contributed by atoms with van der Waals surface area (Å²) in [4.78, 5) is 12.9. The van der Waals surface area contributed by atoms with Crippen molar-refractivity contribution in [1.82, 2.24) is 4.90 Å². The second-order valence-corrected chi connectivity index (χ2v) is 4.05. The van der Waals surface area contributed by atoms with Gasteiger partial charge < -0.3 is 14.6 Å². The normalized spacial score (nSPS) is 12.1. The average Bonchev–Trinajstić information content (AvgIpc) is 2.22. The van der Waals surface area contributed by atoms with Crippen LogP contribution >= 0.6 is 0 Å². The number of methoxy groups -OCH3 is 1. The molecule has 1 N–H and O–H groups in total. The van der Waals surface area contributed by atoms with Gasteiger partial charge in [-0.15, -0.1) is 0 Å². The van der Waals surface area contributed by atoms with Crippen LogP contribution in [0.5, 0.6) is 0 Å². The molecule has 0 aromatic carbocycles. The molecule has 96 valence electrons. The Balaban J connectivity index is 3.96. The zero-order valence-corrected chi connectivity index (χ0v) is 10.7. The molecule has 0 rings (SSSR count). The monoisotopic (exact) mass is 233 g/mol. The van der Waals surface area contributed by atoms with Crippen LogP contribution in [0, 0.1) is 0 Å². The van der Waals surface area contributed by atoms with Gasteiger partial charge in [-0.1, -0.05) is 6.92 Å². The smallest absolute Gasteiger partial charge is 0.323 e. The first kappa shape index (κ1) is 15.3. The molecule has 0 aliphatic rings. The van der Waals surface area contributed by atoms with Crippen LogP contribution in [-0.4, -0.2) is 61.5 Å². The molecule has 0 aromatic heterocycles. The Kier molecular flexibility index (Phi) is 7.29. The van der Waals surface area contributed by atoms with Gasteiger partial charge >= 0.3 is 5.97 Å². The Morgan fingerprint density at radius 2 is 1.94 bits per heavy atom. The first-order valence-electron chi connectivity index (χ1n) is 5.52. The lowest BCUT2D eigenvalue weighted by molar-refractivity contribution is -0.149. The minimum absolute atomic E-state index is 0.522. The van der Waals surface area contributed by atoms with Gasteiger partial charge in [-0.25, -0.2) is 0 Å². The van der Waals surface area contributed by atoms with Gasteiger partial charge in [0, 0.05) is 13.7 Å². The number of carboxylic acid groups (broad SMARTS) is 1. The van der Waals surface area contributed by atoms with E-state index in [0.717, 1.165) is 0 Å². The fourth-order valence-corrected chi connectivity index (χ4v) is 1.39. The van der Waals surface area contributed by atoms with Crippen molar-refractivity contribution in [1.29, 1.82) is 0 Å². The number of carboxylic acids is 1. The number of carbonyl (C=O) groups is 1. The Bertz CT molecular complexity index is 206. The van der Waals surface area contributed by atoms with E-state index >= 15 is 0 Å². The molecule has 0 radical (unpaired) electrons. The zero-order chi connectivity index (χ0) is 12.6. The number of nitrogens with zero attached hydrogens (tertiary/aromatic N) is 1. The summed E-state index contributed by atoms with van der Waals surface area (Å²) < 4.78 is 10.2. The van der Waals surface area contributed by atoms with Crippen LogP contribution in [0.1, 0.15) is 20.8 Å². The maximum Gasteiger partial charge on any atom is 0.323 e. The minimum atomic E-state index is -0.848. The van der Waals surface area contributed by atoms with E-state index in [-0.39, 0.29) is 0 Å². The highest BCUT2D eigenvalue weighted by Gasteiger charge is 2.33. The highest BCUT2D eigenvalue weighted by atomic mass is 16.5. The second kappa shape index (κ2) is 7.60. The molecule has 0 amide bonds. The van der Waals surface area contributed by atoms with Crippen LogP contribution in [0.15, 0.2) is 0 Å². The van der Waals surface area contributed by atoms with E-state index in [1.54, 1.807) is 21.0 Å². The SMILES string of the molecule is CCN(CCOCCOC)C(C)(C)C(=O)O. The second-order valence-electron chi connectivity index (χ2n) is 4.05. The fourth-order valence-electron chi connectivity index (χ4n) is 1.39. The van der Waals surface area contributed by atoms with Crippen molar-refractivity contribution in [3.8, 4) is 0 Å². The van der Waals surface area contributed by atoms with Crippen molar-refractivity contribution >= 4 is 5.97 Å². The largest absolute Gasteiger partial charge is 0.480 e. The van der Waals surface area contributed by atoms with Crippen LogP contribution in [-0.2, 0) is 14.3 Å². The van der Waals surface area contributed by atoms with Gasteiger partial charge in [0.05, 0.1) is 19.8 Å². The van der Waals surface area contributed by atoms with Crippen LogP contribution in [0.3, 0.4) is 0 Å². The lowest BCUT2D eigenvalue weighted by Crippen LogP contribution is -2.51. The summed E-state index contributed by atoms with van der Waals surface area (Å²) in [6.07, 6.45) is 0. The summed E-state index contributed by atoms with van der Waals surface area (Å²) in [5.41, 5.74) is -0.848. The van der Waals surface area contributed by atoms with Gasteiger partial charge in [-0.2, -0.15) is 0 Å². The number of aliphatic carboxylic acids is 1. The van der Waals surface area contributed by atoms with Crippen LogP contribution in [0.25, 0.3) is 0 Å². The maximum atomic E-state index is 11.1. The first-order valence-corrected chi connectivity index (χ1v) is 5.52. The number of rotatable bonds is 9. The van der Waals surface area contributed by atoms with Gasteiger partial charge in [0.1, 0.15) is 5.54 Å². The summed E-state index contributed by atoms with van der Waals surface area (Å²) in [6.45, 7) is 8.28. The minimum Gasteiger partial charge on any atom is -0.480 e. The lowest BCUT2D eigenvalue weighted by atomic mass is 10.0. The van der Waals surface area contributed by atoms with E-state index in [4.69, 9.17) is 14.6 Å². The third-order valence-electron chi connectivity index (χ3n) is 2.63. The van der Waals surface area contributed by atoms with E-state index in [1.807, 2.05) is 11.8 Å². The molecular weight excluding hydrogens is 210 g/mol. The van der Waals surface area contributed by atoms with Gasteiger partial charge in [0.15, 0.2) is 0 Å². The molecule has 0 bridgehead atoms. The number of ether oxygens (including phenoxy) is 2. The molecule has 5 heteroatoms. The van der Waals surface area contributed by atoms with E-state index < -0.39 is 11.5 Å². The fraction of sp³-hybridized carbons (Fsp3) is 0.909. The first-order chi connectivity index (χ1) is 7.46. The Morgan fingerprint density at radius 1 is 1.31 bits per heavy atom. The van der Waals surface area contributed by atoms with Crippen molar-refractivity contribution < 1.29 is 19.4 Å².